The molecule has 0 saturated carbocycles. The Morgan fingerprint density at radius 3 is 2.71 bits per heavy atom. The second-order valence-corrected chi connectivity index (χ2v) is 5.79. The average molecular weight is 298 g/mol. The lowest BCUT2D eigenvalue weighted by Crippen LogP contribution is -1.97. The molecule has 2 N–H and O–H groups in total. The van der Waals surface area contributed by atoms with E-state index in [1.54, 1.807) is 35.7 Å². The first kappa shape index (κ1) is 13.5. The van der Waals surface area contributed by atoms with E-state index in [0.29, 0.717) is 5.95 Å². The van der Waals surface area contributed by atoms with Gasteiger partial charge in [-0.25, -0.2) is 15.0 Å². The Labute approximate surface area is 126 Å². The first-order chi connectivity index (χ1) is 10.1. The summed E-state index contributed by atoms with van der Waals surface area (Å²) in [7, 11) is 0. The lowest BCUT2D eigenvalue weighted by molar-refractivity contribution is 0.475. The van der Waals surface area contributed by atoms with Gasteiger partial charge in [-0.1, -0.05) is 6.07 Å². The molecule has 0 fully saturated rings. The molecule has 2 heterocycles. The molecule has 0 bridgehead atoms. The van der Waals surface area contributed by atoms with Crippen LogP contribution in [-0.4, -0.2) is 20.1 Å². The Bertz CT molecular complexity index is 785. The minimum atomic E-state index is 0.199. The number of anilines is 2. The second-order valence-electron chi connectivity index (χ2n) is 4.59. The average Bonchev–Trinajstić information content (AvgIpc) is 2.78. The summed E-state index contributed by atoms with van der Waals surface area (Å²) in [5.41, 5.74) is 2.56. The van der Waals surface area contributed by atoms with E-state index in [4.69, 9.17) is 0 Å². The first-order valence-corrected chi connectivity index (χ1v) is 7.27. The summed E-state index contributed by atoms with van der Waals surface area (Å²) in [6.45, 7) is 3.96. The summed E-state index contributed by atoms with van der Waals surface area (Å²) >= 11 is 1.62. The molecule has 0 atom stereocenters. The van der Waals surface area contributed by atoms with Gasteiger partial charge in [0.05, 0.1) is 21.3 Å². The molecule has 0 aliphatic carbocycles. The molecule has 3 aromatic rings. The van der Waals surface area contributed by atoms with Gasteiger partial charge in [0.1, 0.15) is 5.75 Å². The van der Waals surface area contributed by atoms with Crippen molar-refractivity contribution >= 4 is 23.0 Å². The van der Waals surface area contributed by atoms with Gasteiger partial charge in [0.15, 0.2) is 0 Å². The van der Waals surface area contributed by atoms with Crippen LogP contribution < -0.4 is 5.32 Å². The number of aryl methyl sites for hydroxylation is 2. The van der Waals surface area contributed by atoms with Crippen molar-refractivity contribution in [1.29, 1.82) is 0 Å². The molecular weight excluding hydrogens is 284 g/mol. The number of nitrogens with one attached hydrogen (secondary N) is 1. The molecule has 5 nitrogen and oxygen atoms in total. The standard InChI is InChI=1S/C15H14N4OS/c1-9-14(21-10(2)17-9)13-6-7-16-15(19-13)18-11-4-3-5-12(20)8-11/h3-8,20H,1-2H3,(H,16,18,19). The summed E-state index contributed by atoms with van der Waals surface area (Å²) in [5, 5.41) is 13.6. The van der Waals surface area contributed by atoms with Gasteiger partial charge in [0.2, 0.25) is 5.95 Å². The van der Waals surface area contributed by atoms with Gasteiger partial charge in [-0.2, -0.15) is 0 Å². The van der Waals surface area contributed by atoms with Crippen LogP contribution in [0.15, 0.2) is 36.5 Å². The van der Waals surface area contributed by atoms with Crippen molar-refractivity contribution in [3.8, 4) is 16.3 Å². The zero-order valence-electron chi connectivity index (χ0n) is 11.7. The molecule has 1 aromatic carbocycles. The predicted molar refractivity (Wildman–Crippen MR) is 84.0 cm³/mol. The fourth-order valence-electron chi connectivity index (χ4n) is 2.03. The predicted octanol–water partition coefficient (Wildman–Crippen LogP) is 3.67. The van der Waals surface area contributed by atoms with E-state index >= 15 is 0 Å². The minimum Gasteiger partial charge on any atom is -0.508 e. The Hall–Kier alpha value is -2.47. The lowest BCUT2D eigenvalue weighted by Gasteiger charge is -2.06. The van der Waals surface area contributed by atoms with Crippen LogP contribution in [-0.2, 0) is 0 Å². The van der Waals surface area contributed by atoms with Crippen LogP contribution in [0, 0.1) is 13.8 Å². The summed E-state index contributed by atoms with van der Waals surface area (Å²) < 4.78 is 0. The number of nitrogens with zero attached hydrogens (tertiary/aromatic N) is 3. The summed E-state index contributed by atoms with van der Waals surface area (Å²) in [6.07, 6.45) is 1.71. The highest BCUT2D eigenvalue weighted by molar-refractivity contribution is 7.15. The van der Waals surface area contributed by atoms with E-state index in [9.17, 15) is 5.11 Å². The maximum Gasteiger partial charge on any atom is 0.227 e. The van der Waals surface area contributed by atoms with Crippen LogP contribution in [0.1, 0.15) is 10.7 Å². The molecule has 21 heavy (non-hydrogen) atoms. The highest BCUT2D eigenvalue weighted by Gasteiger charge is 2.10. The van der Waals surface area contributed by atoms with E-state index in [-0.39, 0.29) is 5.75 Å². The number of hydrogen-bond acceptors (Lipinski definition) is 6. The van der Waals surface area contributed by atoms with Crippen molar-refractivity contribution in [2.75, 3.05) is 5.32 Å². The van der Waals surface area contributed by atoms with Crippen LogP contribution in [0.25, 0.3) is 10.6 Å². The zero-order chi connectivity index (χ0) is 14.8. The molecule has 0 saturated heterocycles. The molecule has 2 aromatic heterocycles. The fourth-order valence-corrected chi connectivity index (χ4v) is 2.92. The van der Waals surface area contributed by atoms with E-state index in [0.717, 1.165) is 27.0 Å². The third kappa shape index (κ3) is 3.00. The maximum atomic E-state index is 9.48. The number of phenols is 1. The van der Waals surface area contributed by atoms with E-state index in [1.807, 2.05) is 26.0 Å². The van der Waals surface area contributed by atoms with Crippen molar-refractivity contribution in [3.63, 3.8) is 0 Å². The SMILES string of the molecule is Cc1nc(C)c(-c2ccnc(Nc3cccc(O)c3)n2)s1. The Kier molecular flexibility index (Phi) is 3.53. The molecule has 106 valence electrons. The van der Waals surface area contributed by atoms with Gasteiger partial charge in [0, 0.05) is 18.0 Å². The van der Waals surface area contributed by atoms with Gasteiger partial charge in [-0.05, 0) is 32.0 Å². The van der Waals surface area contributed by atoms with E-state index < -0.39 is 0 Å². The minimum absolute atomic E-state index is 0.199. The molecule has 6 heteroatoms. The van der Waals surface area contributed by atoms with Crippen molar-refractivity contribution < 1.29 is 5.11 Å². The van der Waals surface area contributed by atoms with Gasteiger partial charge in [0.25, 0.3) is 0 Å². The van der Waals surface area contributed by atoms with Gasteiger partial charge in [-0.3, -0.25) is 0 Å². The van der Waals surface area contributed by atoms with Crippen molar-refractivity contribution in [2.45, 2.75) is 13.8 Å². The van der Waals surface area contributed by atoms with Crippen LogP contribution in [0.4, 0.5) is 11.6 Å². The maximum absolute atomic E-state index is 9.48. The fraction of sp³-hybridized carbons (Fsp3) is 0.133. The zero-order valence-corrected chi connectivity index (χ0v) is 12.5. The van der Waals surface area contributed by atoms with Gasteiger partial charge < -0.3 is 10.4 Å². The van der Waals surface area contributed by atoms with Crippen LogP contribution in [0.5, 0.6) is 5.75 Å². The summed E-state index contributed by atoms with van der Waals surface area (Å²) in [6, 6.07) is 8.72. The number of aromatic nitrogens is 3. The Morgan fingerprint density at radius 1 is 1.14 bits per heavy atom. The van der Waals surface area contributed by atoms with Crippen LogP contribution >= 0.6 is 11.3 Å². The lowest BCUT2D eigenvalue weighted by atomic mass is 10.3. The third-order valence-corrected chi connectivity index (χ3v) is 3.99. The summed E-state index contributed by atoms with van der Waals surface area (Å²) in [4.78, 5) is 14.2. The molecule has 0 aliphatic heterocycles. The quantitative estimate of drug-likeness (QED) is 0.772. The summed E-state index contributed by atoms with van der Waals surface area (Å²) in [5.74, 6) is 0.689. The Morgan fingerprint density at radius 2 is 2.00 bits per heavy atom. The van der Waals surface area contributed by atoms with Crippen LogP contribution in [0.2, 0.25) is 0 Å². The number of rotatable bonds is 3. The number of phenolic OH excluding ortho intramolecular Hbond substituents is 1. The number of hydrogen-bond donors (Lipinski definition) is 2. The molecule has 0 spiro atoms. The van der Waals surface area contributed by atoms with Gasteiger partial charge >= 0.3 is 0 Å². The number of aromatic hydroxyl groups is 1. The van der Waals surface area contributed by atoms with Crippen LogP contribution in [0.3, 0.4) is 0 Å². The third-order valence-electron chi connectivity index (χ3n) is 2.89. The molecule has 3 rings (SSSR count). The van der Waals surface area contributed by atoms with Crippen molar-refractivity contribution in [1.82, 2.24) is 15.0 Å². The second kappa shape index (κ2) is 5.49. The van der Waals surface area contributed by atoms with Gasteiger partial charge in [-0.15, -0.1) is 11.3 Å². The molecule has 0 amide bonds. The highest BCUT2D eigenvalue weighted by atomic mass is 32.1. The first-order valence-electron chi connectivity index (χ1n) is 6.45. The topological polar surface area (TPSA) is 70.9 Å². The van der Waals surface area contributed by atoms with E-state index in [2.05, 4.69) is 20.3 Å². The van der Waals surface area contributed by atoms with Crippen molar-refractivity contribution in [2.24, 2.45) is 0 Å². The molecule has 0 radical (unpaired) electrons. The molecule has 0 unspecified atom stereocenters. The normalized spacial score (nSPS) is 10.6. The smallest absolute Gasteiger partial charge is 0.227 e. The largest absolute Gasteiger partial charge is 0.508 e. The highest BCUT2D eigenvalue weighted by Crippen LogP contribution is 2.28. The molecule has 0 aliphatic rings. The number of thiazole rings is 1. The Balaban J connectivity index is 1.92. The molecular formula is C15H14N4OS. The van der Waals surface area contributed by atoms with Crippen molar-refractivity contribution in [3.05, 3.63) is 47.2 Å². The monoisotopic (exact) mass is 298 g/mol. The number of benzene rings is 1. The van der Waals surface area contributed by atoms with E-state index in [1.165, 1.54) is 0 Å².